The molecular formula is C21H16F5N. The van der Waals surface area contributed by atoms with E-state index in [4.69, 9.17) is 0 Å². The summed E-state index contributed by atoms with van der Waals surface area (Å²) in [6, 6.07) is 8.78. The molecule has 140 valence electrons. The second-order valence-electron chi connectivity index (χ2n) is 6.35. The van der Waals surface area contributed by atoms with Crippen LogP contribution < -0.4 is 4.90 Å². The van der Waals surface area contributed by atoms with Gasteiger partial charge in [-0.05, 0) is 56.2 Å². The summed E-state index contributed by atoms with van der Waals surface area (Å²) >= 11 is 0. The van der Waals surface area contributed by atoms with E-state index in [2.05, 4.69) is 0 Å². The van der Waals surface area contributed by atoms with Crippen molar-refractivity contribution in [3.8, 4) is 0 Å². The average Bonchev–Trinajstić information content (AvgIpc) is 2.62. The standard InChI is InChI=1S/C21H16F5N/c1-11-4-7-18(17(24)8-11)27(14-6-5-12(2)15(22)9-14)19-10-16(23)13(3)20(25)21(19)26/h4-10H,1-3H3. The molecule has 0 aromatic heterocycles. The molecular weight excluding hydrogens is 361 g/mol. The maximum Gasteiger partial charge on any atom is 0.183 e. The van der Waals surface area contributed by atoms with Gasteiger partial charge in [0.15, 0.2) is 11.6 Å². The number of anilines is 3. The number of benzene rings is 3. The zero-order valence-electron chi connectivity index (χ0n) is 14.9. The topological polar surface area (TPSA) is 3.24 Å². The third-order valence-corrected chi connectivity index (χ3v) is 4.37. The van der Waals surface area contributed by atoms with Gasteiger partial charge in [0.1, 0.15) is 17.5 Å². The first-order valence-electron chi connectivity index (χ1n) is 8.17. The maximum absolute atomic E-state index is 14.7. The lowest BCUT2D eigenvalue weighted by Crippen LogP contribution is -2.15. The van der Waals surface area contributed by atoms with E-state index in [0.717, 1.165) is 24.0 Å². The summed E-state index contributed by atoms with van der Waals surface area (Å²) < 4.78 is 71.6. The van der Waals surface area contributed by atoms with Gasteiger partial charge >= 0.3 is 0 Å². The molecule has 0 saturated carbocycles. The first-order chi connectivity index (χ1) is 12.7. The summed E-state index contributed by atoms with van der Waals surface area (Å²) in [4.78, 5) is 0.957. The molecule has 0 N–H and O–H groups in total. The van der Waals surface area contributed by atoms with Crippen molar-refractivity contribution in [2.75, 3.05) is 4.90 Å². The van der Waals surface area contributed by atoms with Crippen LogP contribution in [0.25, 0.3) is 0 Å². The zero-order chi connectivity index (χ0) is 19.9. The molecule has 1 nitrogen and oxygen atoms in total. The smallest absolute Gasteiger partial charge is 0.183 e. The molecule has 3 rings (SSSR count). The van der Waals surface area contributed by atoms with Gasteiger partial charge in [0, 0.05) is 17.3 Å². The highest BCUT2D eigenvalue weighted by Crippen LogP contribution is 2.40. The van der Waals surface area contributed by atoms with Gasteiger partial charge in [0.05, 0.1) is 11.4 Å². The van der Waals surface area contributed by atoms with Crippen LogP contribution in [0.3, 0.4) is 0 Å². The van der Waals surface area contributed by atoms with Crippen molar-refractivity contribution in [3.05, 3.63) is 88.2 Å². The highest BCUT2D eigenvalue weighted by Gasteiger charge is 2.25. The molecule has 0 spiro atoms. The quantitative estimate of drug-likeness (QED) is 0.359. The third kappa shape index (κ3) is 3.39. The van der Waals surface area contributed by atoms with Gasteiger partial charge in [-0.2, -0.15) is 0 Å². The highest BCUT2D eigenvalue weighted by molar-refractivity contribution is 5.77. The van der Waals surface area contributed by atoms with E-state index in [1.54, 1.807) is 13.0 Å². The maximum atomic E-state index is 14.7. The van der Waals surface area contributed by atoms with Crippen LogP contribution in [0.2, 0.25) is 0 Å². The molecule has 0 aliphatic heterocycles. The van der Waals surface area contributed by atoms with Crippen LogP contribution >= 0.6 is 0 Å². The van der Waals surface area contributed by atoms with E-state index in [1.165, 1.54) is 31.2 Å². The Labute approximate surface area is 153 Å². The summed E-state index contributed by atoms with van der Waals surface area (Å²) in [5.74, 6) is -5.07. The molecule has 3 aromatic rings. The molecule has 0 radical (unpaired) electrons. The Kier molecular flexibility index (Phi) is 4.91. The monoisotopic (exact) mass is 377 g/mol. The van der Waals surface area contributed by atoms with E-state index >= 15 is 0 Å². The molecule has 6 heteroatoms. The lowest BCUT2D eigenvalue weighted by Gasteiger charge is -2.27. The fourth-order valence-electron chi connectivity index (χ4n) is 2.76. The van der Waals surface area contributed by atoms with Crippen molar-refractivity contribution in [3.63, 3.8) is 0 Å². The number of hydrogen-bond acceptors (Lipinski definition) is 1. The Bertz CT molecular complexity index is 1030. The molecule has 0 atom stereocenters. The Morgan fingerprint density at radius 2 is 1.33 bits per heavy atom. The number of aryl methyl sites for hydroxylation is 2. The molecule has 3 aromatic carbocycles. The first-order valence-corrected chi connectivity index (χ1v) is 8.17. The van der Waals surface area contributed by atoms with Crippen molar-refractivity contribution >= 4 is 17.1 Å². The zero-order valence-corrected chi connectivity index (χ0v) is 14.9. The van der Waals surface area contributed by atoms with Gasteiger partial charge in [0.2, 0.25) is 0 Å². The normalized spacial score (nSPS) is 11.0. The van der Waals surface area contributed by atoms with Gasteiger partial charge < -0.3 is 4.90 Å². The minimum atomic E-state index is -1.38. The Morgan fingerprint density at radius 1 is 0.630 bits per heavy atom. The summed E-state index contributed by atoms with van der Waals surface area (Å²) in [5.41, 5.74) is -0.247. The van der Waals surface area contributed by atoms with Crippen LogP contribution in [0.15, 0.2) is 42.5 Å². The Balaban J connectivity index is 2.33. The second-order valence-corrected chi connectivity index (χ2v) is 6.35. The van der Waals surface area contributed by atoms with E-state index < -0.39 is 40.3 Å². The van der Waals surface area contributed by atoms with Crippen LogP contribution in [0.1, 0.15) is 16.7 Å². The van der Waals surface area contributed by atoms with Gasteiger partial charge in [-0.25, -0.2) is 22.0 Å². The van der Waals surface area contributed by atoms with Gasteiger partial charge in [-0.15, -0.1) is 0 Å². The first kappa shape index (κ1) is 18.9. The van der Waals surface area contributed by atoms with E-state index in [-0.39, 0.29) is 11.4 Å². The third-order valence-electron chi connectivity index (χ3n) is 4.37. The Morgan fingerprint density at radius 3 is 1.96 bits per heavy atom. The number of halogens is 5. The fourth-order valence-corrected chi connectivity index (χ4v) is 2.76. The predicted octanol–water partition coefficient (Wildman–Crippen LogP) is 6.78. The molecule has 0 aliphatic carbocycles. The van der Waals surface area contributed by atoms with Crippen LogP contribution in [-0.4, -0.2) is 0 Å². The van der Waals surface area contributed by atoms with Crippen molar-refractivity contribution in [2.24, 2.45) is 0 Å². The van der Waals surface area contributed by atoms with Crippen molar-refractivity contribution in [1.29, 1.82) is 0 Å². The lowest BCUT2D eigenvalue weighted by molar-refractivity contribution is 0.487. The van der Waals surface area contributed by atoms with Gasteiger partial charge in [0.25, 0.3) is 0 Å². The number of hydrogen-bond donors (Lipinski definition) is 0. The summed E-state index contributed by atoms with van der Waals surface area (Å²) in [7, 11) is 0. The van der Waals surface area contributed by atoms with Crippen molar-refractivity contribution in [1.82, 2.24) is 0 Å². The van der Waals surface area contributed by atoms with Crippen LogP contribution in [-0.2, 0) is 0 Å². The highest BCUT2D eigenvalue weighted by atomic mass is 19.2. The predicted molar refractivity (Wildman–Crippen MR) is 95.1 cm³/mol. The van der Waals surface area contributed by atoms with Gasteiger partial charge in [-0.3, -0.25) is 0 Å². The fraction of sp³-hybridized carbons (Fsp3) is 0.143. The SMILES string of the molecule is Cc1ccc(N(c2ccc(C)c(F)c2)c2cc(F)c(C)c(F)c2F)c(F)c1. The molecule has 27 heavy (non-hydrogen) atoms. The molecule has 0 fully saturated rings. The molecule has 0 aliphatic rings. The van der Waals surface area contributed by atoms with Gasteiger partial charge in [-0.1, -0.05) is 12.1 Å². The molecule has 0 saturated heterocycles. The number of rotatable bonds is 3. The Hall–Kier alpha value is -2.89. The molecule has 0 unspecified atom stereocenters. The van der Waals surface area contributed by atoms with Crippen LogP contribution in [0.4, 0.5) is 39.0 Å². The van der Waals surface area contributed by atoms with E-state index in [1.807, 2.05) is 0 Å². The summed E-state index contributed by atoms with van der Waals surface area (Å²) in [6.07, 6.45) is 0. The average molecular weight is 377 g/mol. The van der Waals surface area contributed by atoms with Crippen LogP contribution in [0, 0.1) is 49.9 Å². The minimum Gasteiger partial charge on any atom is -0.304 e. The molecule has 0 amide bonds. The minimum absolute atomic E-state index is 0.0300. The summed E-state index contributed by atoms with van der Waals surface area (Å²) in [5, 5.41) is 0. The largest absolute Gasteiger partial charge is 0.304 e. The lowest BCUT2D eigenvalue weighted by atomic mass is 10.1. The number of nitrogens with zero attached hydrogens (tertiary/aromatic N) is 1. The van der Waals surface area contributed by atoms with Crippen molar-refractivity contribution < 1.29 is 22.0 Å². The summed E-state index contributed by atoms with van der Waals surface area (Å²) in [6.45, 7) is 4.29. The molecule has 0 bridgehead atoms. The van der Waals surface area contributed by atoms with E-state index in [9.17, 15) is 22.0 Å². The second kappa shape index (κ2) is 7.02. The van der Waals surface area contributed by atoms with Crippen molar-refractivity contribution in [2.45, 2.75) is 20.8 Å². The van der Waals surface area contributed by atoms with E-state index in [0.29, 0.717) is 11.1 Å². The van der Waals surface area contributed by atoms with Crippen LogP contribution in [0.5, 0.6) is 0 Å². The molecule has 0 heterocycles.